The van der Waals surface area contributed by atoms with Gasteiger partial charge in [-0.15, -0.1) is 0 Å². The fourth-order valence-electron chi connectivity index (χ4n) is 3.61. The molecule has 2 aliphatic rings. The maximum absolute atomic E-state index is 12.5. The molecule has 0 spiro atoms. The summed E-state index contributed by atoms with van der Waals surface area (Å²) in [6, 6.07) is 7.85. The number of aliphatic hydroxyl groups is 1. The molecular weight excluding hydrogens is 316 g/mol. The Balaban J connectivity index is 1.64. The Bertz CT molecular complexity index is 869. The van der Waals surface area contributed by atoms with Crippen molar-refractivity contribution < 1.29 is 9.90 Å². The van der Waals surface area contributed by atoms with Gasteiger partial charge in [0.15, 0.2) is 0 Å². The van der Waals surface area contributed by atoms with Crippen LogP contribution in [0.15, 0.2) is 18.2 Å². The van der Waals surface area contributed by atoms with Crippen LogP contribution in [0.25, 0.3) is 11.0 Å². The average molecular weight is 338 g/mol. The lowest BCUT2D eigenvalue weighted by atomic mass is 9.92. The van der Waals surface area contributed by atoms with Crippen LogP contribution >= 0.6 is 0 Å². The fourth-order valence-corrected chi connectivity index (χ4v) is 3.61. The van der Waals surface area contributed by atoms with E-state index in [1.807, 2.05) is 16.7 Å². The van der Waals surface area contributed by atoms with Crippen LogP contribution in [0.1, 0.15) is 57.1 Å². The molecule has 2 fully saturated rings. The smallest absolute Gasteiger partial charge is 0.229 e. The molecule has 2 aliphatic carbocycles. The second-order valence-electron chi connectivity index (χ2n) is 7.56. The molecule has 6 heteroatoms. The number of benzene rings is 1. The number of carbonyl (C=O) groups is 1. The number of hydrogen-bond acceptors (Lipinski definition) is 4. The first-order chi connectivity index (χ1) is 12.0. The Morgan fingerprint density at radius 1 is 1.44 bits per heavy atom. The number of amides is 1. The monoisotopic (exact) mass is 338 g/mol. The van der Waals surface area contributed by atoms with Gasteiger partial charge in [0.2, 0.25) is 11.9 Å². The summed E-state index contributed by atoms with van der Waals surface area (Å²) < 4.78 is 2.05. The van der Waals surface area contributed by atoms with Crippen LogP contribution < -0.4 is 5.32 Å². The molecule has 0 saturated heterocycles. The Kier molecular flexibility index (Phi) is 3.77. The molecule has 0 bridgehead atoms. The highest BCUT2D eigenvalue weighted by molar-refractivity contribution is 5.92. The lowest BCUT2D eigenvalue weighted by molar-refractivity contribution is -0.121. The van der Waals surface area contributed by atoms with E-state index in [4.69, 9.17) is 5.26 Å². The highest BCUT2D eigenvalue weighted by Crippen LogP contribution is 2.41. The molecule has 1 amide bonds. The summed E-state index contributed by atoms with van der Waals surface area (Å²) >= 11 is 0. The largest absolute Gasteiger partial charge is 0.389 e. The van der Waals surface area contributed by atoms with Crippen LogP contribution in [-0.4, -0.2) is 26.2 Å². The summed E-state index contributed by atoms with van der Waals surface area (Å²) in [5.74, 6) is 0.529. The van der Waals surface area contributed by atoms with E-state index in [0.717, 1.165) is 43.1 Å². The molecule has 1 aromatic heterocycles. The summed E-state index contributed by atoms with van der Waals surface area (Å²) in [6.07, 6.45) is 5.30. The zero-order valence-electron chi connectivity index (χ0n) is 14.3. The molecule has 0 aliphatic heterocycles. The van der Waals surface area contributed by atoms with E-state index in [-0.39, 0.29) is 18.2 Å². The van der Waals surface area contributed by atoms with Crippen molar-refractivity contribution in [2.75, 3.05) is 5.32 Å². The normalized spacial score (nSPS) is 19.9. The van der Waals surface area contributed by atoms with Gasteiger partial charge in [0, 0.05) is 6.04 Å². The maximum atomic E-state index is 12.5. The first-order valence-corrected chi connectivity index (χ1v) is 8.92. The summed E-state index contributed by atoms with van der Waals surface area (Å²) in [6.45, 7) is 1.73. The lowest BCUT2D eigenvalue weighted by Crippen LogP contribution is -2.33. The molecule has 0 radical (unpaired) electrons. The Morgan fingerprint density at radius 3 is 2.80 bits per heavy atom. The second-order valence-corrected chi connectivity index (χ2v) is 7.56. The number of rotatable bonds is 5. The highest BCUT2D eigenvalue weighted by atomic mass is 16.3. The highest BCUT2D eigenvalue weighted by Gasteiger charge is 2.41. The standard InChI is InChI=1S/C19H22N4O2/c1-19(25,13-6-7-13)10-17(24)22-18-21-15-8-5-12(11-20)9-16(15)23(18)14-3-2-4-14/h5,8-9,13-14,25H,2-4,6-7,10H2,1H3,(H,21,22,24). The summed E-state index contributed by atoms with van der Waals surface area (Å²) in [5, 5.41) is 22.5. The van der Waals surface area contributed by atoms with Gasteiger partial charge in [-0.3, -0.25) is 10.1 Å². The van der Waals surface area contributed by atoms with E-state index in [9.17, 15) is 9.90 Å². The quantitative estimate of drug-likeness (QED) is 0.876. The van der Waals surface area contributed by atoms with Crippen LogP contribution in [0.2, 0.25) is 0 Å². The van der Waals surface area contributed by atoms with Crippen molar-refractivity contribution in [3.8, 4) is 6.07 Å². The zero-order valence-corrected chi connectivity index (χ0v) is 14.3. The molecule has 25 heavy (non-hydrogen) atoms. The molecule has 2 N–H and O–H groups in total. The van der Waals surface area contributed by atoms with Gasteiger partial charge in [-0.25, -0.2) is 4.98 Å². The summed E-state index contributed by atoms with van der Waals surface area (Å²) in [7, 11) is 0. The van der Waals surface area contributed by atoms with Gasteiger partial charge in [-0.2, -0.15) is 5.26 Å². The number of nitrogens with one attached hydrogen (secondary N) is 1. The van der Waals surface area contributed by atoms with Gasteiger partial charge in [0.05, 0.1) is 34.7 Å². The number of carbonyl (C=O) groups excluding carboxylic acids is 1. The van der Waals surface area contributed by atoms with Gasteiger partial charge in [-0.05, 0) is 63.1 Å². The second kappa shape index (κ2) is 5.85. The van der Waals surface area contributed by atoms with Gasteiger partial charge in [0.1, 0.15) is 0 Å². The van der Waals surface area contributed by atoms with E-state index < -0.39 is 5.60 Å². The van der Waals surface area contributed by atoms with Crippen molar-refractivity contribution in [1.82, 2.24) is 9.55 Å². The molecule has 1 atom stereocenters. The van der Waals surface area contributed by atoms with Gasteiger partial charge < -0.3 is 9.67 Å². The van der Waals surface area contributed by atoms with E-state index in [1.165, 1.54) is 0 Å². The Morgan fingerprint density at radius 2 is 2.20 bits per heavy atom. The minimum atomic E-state index is -0.953. The first kappa shape index (κ1) is 16.1. The van der Waals surface area contributed by atoms with Crippen molar-refractivity contribution in [3.63, 3.8) is 0 Å². The molecule has 130 valence electrons. The minimum Gasteiger partial charge on any atom is -0.389 e. The third kappa shape index (κ3) is 3.00. The fraction of sp³-hybridized carbons (Fsp3) is 0.526. The predicted molar refractivity (Wildman–Crippen MR) is 93.9 cm³/mol. The number of imidazole rings is 1. The Labute approximate surface area is 146 Å². The van der Waals surface area contributed by atoms with Crippen LogP contribution in [0.3, 0.4) is 0 Å². The number of nitriles is 1. The van der Waals surface area contributed by atoms with E-state index in [2.05, 4.69) is 16.4 Å². The van der Waals surface area contributed by atoms with Crippen LogP contribution in [0.5, 0.6) is 0 Å². The summed E-state index contributed by atoms with van der Waals surface area (Å²) in [5.41, 5.74) is 1.29. The predicted octanol–water partition coefficient (Wildman–Crippen LogP) is 3.12. The van der Waals surface area contributed by atoms with Crippen molar-refractivity contribution in [3.05, 3.63) is 23.8 Å². The van der Waals surface area contributed by atoms with E-state index >= 15 is 0 Å². The topological polar surface area (TPSA) is 90.9 Å². The molecule has 1 aromatic carbocycles. The van der Waals surface area contributed by atoms with E-state index in [1.54, 1.807) is 13.0 Å². The number of aromatic nitrogens is 2. The van der Waals surface area contributed by atoms with Crippen molar-refractivity contribution in [2.24, 2.45) is 5.92 Å². The molecular formula is C19H22N4O2. The number of hydrogen-bond donors (Lipinski definition) is 2. The average Bonchev–Trinajstić information content (AvgIpc) is 3.31. The number of nitrogens with zero attached hydrogens (tertiary/aromatic N) is 3. The molecule has 1 heterocycles. The number of anilines is 1. The zero-order chi connectivity index (χ0) is 17.6. The number of fused-ring (bicyclic) bond motifs is 1. The van der Waals surface area contributed by atoms with E-state index in [0.29, 0.717) is 17.6 Å². The maximum Gasteiger partial charge on any atom is 0.229 e. The molecule has 2 saturated carbocycles. The van der Waals surface area contributed by atoms with Crippen LogP contribution in [-0.2, 0) is 4.79 Å². The molecule has 6 nitrogen and oxygen atoms in total. The van der Waals surface area contributed by atoms with Crippen LogP contribution in [0.4, 0.5) is 5.95 Å². The van der Waals surface area contributed by atoms with Gasteiger partial charge in [-0.1, -0.05) is 0 Å². The molecule has 2 aromatic rings. The summed E-state index contributed by atoms with van der Waals surface area (Å²) in [4.78, 5) is 17.0. The third-order valence-corrected chi connectivity index (χ3v) is 5.48. The van der Waals surface area contributed by atoms with Gasteiger partial charge in [0.25, 0.3) is 0 Å². The Hall–Kier alpha value is -2.39. The molecule has 4 rings (SSSR count). The first-order valence-electron chi connectivity index (χ1n) is 8.92. The van der Waals surface area contributed by atoms with Crippen molar-refractivity contribution in [1.29, 1.82) is 5.26 Å². The third-order valence-electron chi connectivity index (χ3n) is 5.48. The van der Waals surface area contributed by atoms with Crippen molar-refractivity contribution >= 4 is 22.9 Å². The van der Waals surface area contributed by atoms with Crippen LogP contribution in [0, 0.1) is 17.2 Å². The van der Waals surface area contributed by atoms with Crippen molar-refractivity contribution in [2.45, 2.75) is 57.1 Å². The van der Waals surface area contributed by atoms with Gasteiger partial charge >= 0.3 is 0 Å². The SMILES string of the molecule is CC(O)(CC(=O)Nc1nc2ccc(C#N)cc2n1C1CCC1)C1CC1. The molecule has 1 unspecified atom stereocenters. The lowest BCUT2D eigenvalue weighted by Gasteiger charge is -2.29. The minimum absolute atomic E-state index is 0.0784.